The predicted octanol–water partition coefficient (Wildman–Crippen LogP) is 1.81. The minimum Gasteiger partial charge on any atom is -0.481 e. The van der Waals surface area contributed by atoms with Crippen LogP contribution in [0.25, 0.3) is 0 Å². The normalized spacial score (nSPS) is 32.6. The number of rotatable bonds is 7. The van der Waals surface area contributed by atoms with Gasteiger partial charge in [-0.2, -0.15) is 0 Å². The van der Waals surface area contributed by atoms with Crippen LogP contribution in [0.2, 0.25) is 0 Å². The Labute approximate surface area is 120 Å². The average Bonchev–Trinajstić information content (AvgIpc) is 2.85. The highest BCUT2D eigenvalue weighted by molar-refractivity contribution is 5.80. The molecule has 0 heterocycles. The van der Waals surface area contributed by atoms with E-state index in [1.54, 1.807) is 0 Å². The van der Waals surface area contributed by atoms with Crippen LogP contribution in [0.3, 0.4) is 0 Å². The zero-order valence-electron chi connectivity index (χ0n) is 12.1. The number of hydrogen-bond acceptors (Lipinski definition) is 3. The molecule has 2 atom stereocenters. The van der Waals surface area contributed by atoms with Gasteiger partial charge in [0.1, 0.15) is 0 Å². The van der Waals surface area contributed by atoms with Crippen molar-refractivity contribution < 1.29 is 19.4 Å². The van der Waals surface area contributed by atoms with Gasteiger partial charge in [0.2, 0.25) is 5.91 Å². The van der Waals surface area contributed by atoms with E-state index in [0.29, 0.717) is 37.8 Å². The summed E-state index contributed by atoms with van der Waals surface area (Å²) in [5.74, 6) is -0.494. The van der Waals surface area contributed by atoms with Crippen LogP contribution in [0, 0.1) is 17.8 Å². The summed E-state index contributed by atoms with van der Waals surface area (Å²) in [7, 11) is 0. The number of carbonyl (C=O) groups excluding carboxylic acids is 1. The lowest BCUT2D eigenvalue weighted by molar-refractivity contribution is -0.141. The lowest BCUT2D eigenvalue weighted by Crippen LogP contribution is -2.36. The molecule has 0 aliphatic heterocycles. The Bertz CT molecular complexity index is 352. The second-order valence-corrected chi connectivity index (χ2v) is 6.04. The second-order valence-electron chi connectivity index (χ2n) is 6.04. The molecule has 114 valence electrons. The summed E-state index contributed by atoms with van der Waals surface area (Å²) in [4.78, 5) is 22.8. The van der Waals surface area contributed by atoms with Crippen molar-refractivity contribution in [1.82, 2.24) is 5.32 Å². The van der Waals surface area contributed by atoms with E-state index < -0.39 is 5.97 Å². The molecule has 2 aliphatic rings. The van der Waals surface area contributed by atoms with E-state index in [4.69, 9.17) is 9.84 Å². The number of aliphatic carboxylic acids is 1. The number of nitrogens with one attached hydrogen (secondary N) is 1. The zero-order valence-corrected chi connectivity index (χ0v) is 12.1. The molecular formula is C15H25NO4. The fourth-order valence-electron chi connectivity index (χ4n) is 3.27. The third kappa shape index (κ3) is 3.95. The Balaban J connectivity index is 1.56. The van der Waals surface area contributed by atoms with Crippen molar-refractivity contribution in [2.45, 2.75) is 51.6 Å². The van der Waals surface area contributed by atoms with Crippen LogP contribution in [0.4, 0.5) is 0 Å². The largest absolute Gasteiger partial charge is 0.481 e. The average molecular weight is 283 g/mol. The summed E-state index contributed by atoms with van der Waals surface area (Å²) in [6.45, 7) is 3.50. The molecule has 0 aromatic carbocycles. The van der Waals surface area contributed by atoms with Gasteiger partial charge in [0.15, 0.2) is 0 Å². The molecule has 2 rings (SSSR count). The minimum atomic E-state index is -0.767. The fourth-order valence-corrected chi connectivity index (χ4v) is 3.27. The molecule has 0 saturated heterocycles. The van der Waals surface area contributed by atoms with Crippen LogP contribution < -0.4 is 5.32 Å². The van der Waals surface area contributed by atoms with E-state index in [1.165, 1.54) is 0 Å². The number of carboxylic acids is 1. The topological polar surface area (TPSA) is 75.6 Å². The monoisotopic (exact) mass is 283 g/mol. The number of hydrogen-bond donors (Lipinski definition) is 2. The summed E-state index contributed by atoms with van der Waals surface area (Å²) >= 11 is 0. The maximum atomic E-state index is 11.9. The molecule has 1 amide bonds. The van der Waals surface area contributed by atoms with Crippen molar-refractivity contribution >= 4 is 11.9 Å². The van der Waals surface area contributed by atoms with Crippen molar-refractivity contribution in [2.24, 2.45) is 17.8 Å². The van der Waals surface area contributed by atoms with Crippen LogP contribution in [0.5, 0.6) is 0 Å². The number of ether oxygens (including phenoxy) is 1. The van der Waals surface area contributed by atoms with Crippen LogP contribution in [-0.4, -0.2) is 36.2 Å². The first-order valence-corrected chi connectivity index (χ1v) is 7.72. The molecular weight excluding hydrogens is 258 g/mol. The molecule has 2 aliphatic carbocycles. The van der Waals surface area contributed by atoms with Crippen LogP contribution >= 0.6 is 0 Å². The van der Waals surface area contributed by atoms with Crippen molar-refractivity contribution in [2.75, 3.05) is 13.2 Å². The molecule has 2 N–H and O–H groups in total. The number of amides is 1. The lowest BCUT2D eigenvalue weighted by atomic mass is 9.80. The molecule has 0 unspecified atom stereocenters. The quantitative estimate of drug-likeness (QED) is 0.747. The molecule has 5 heteroatoms. The first-order valence-electron chi connectivity index (χ1n) is 7.72. The van der Waals surface area contributed by atoms with Gasteiger partial charge < -0.3 is 15.2 Å². The van der Waals surface area contributed by atoms with Crippen LogP contribution in [0.1, 0.15) is 45.4 Å². The first-order chi connectivity index (χ1) is 9.60. The van der Waals surface area contributed by atoms with Crippen LogP contribution in [0.15, 0.2) is 0 Å². The summed E-state index contributed by atoms with van der Waals surface area (Å²) in [6.07, 6.45) is 5.47. The van der Waals surface area contributed by atoms with E-state index >= 15 is 0 Å². The summed E-state index contributed by atoms with van der Waals surface area (Å²) in [5.41, 5.74) is 0. The summed E-state index contributed by atoms with van der Waals surface area (Å²) in [5, 5.41) is 11.9. The van der Waals surface area contributed by atoms with E-state index in [1.807, 2.05) is 6.92 Å². The Morgan fingerprint density at radius 2 is 1.90 bits per heavy atom. The van der Waals surface area contributed by atoms with Crippen molar-refractivity contribution in [3.63, 3.8) is 0 Å². The van der Waals surface area contributed by atoms with Crippen molar-refractivity contribution in [3.05, 3.63) is 0 Å². The number of carbonyl (C=O) groups is 2. The van der Waals surface area contributed by atoms with Gasteiger partial charge in [0.25, 0.3) is 0 Å². The summed E-state index contributed by atoms with van der Waals surface area (Å²) < 4.78 is 5.51. The second kappa shape index (κ2) is 7.07. The van der Waals surface area contributed by atoms with Gasteiger partial charge in [-0.05, 0) is 51.4 Å². The molecule has 5 nitrogen and oxygen atoms in total. The molecule has 20 heavy (non-hydrogen) atoms. The van der Waals surface area contributed by atoms with Gasteiger partial charge in [0, 0.05) is 19.1 Å². The highest BCUT2D eigenvalue weighted by Crippen LogP contribution is 2.33. The van der Waals surface area contributed by atoms with Crippen LogP contribution in [-0.2, 0) is 14.3 Å². The smallest absolute Gasteiger partial charge is 0.306 e. The number of carboxylic acid groups (broad SMARTS) is 1. The third-order valence-electron chi connectivity index (χ3n) is 4.60. The highest BCUT2D eigenvalue weighted by atomic mass is 16.5. The van der Waals surface area contributed by atoms with Gasteiger partial charge in [-0.25, -0.2) is 0 Å². The Morgan fingerprint density at radius 3 is 2.50 bits per heavy atom. The molecule has 0 aromatic rings. The minimum absolute atomic E-state index is 0.0365. The highest BCUT2D eigenvalue weighted by Gasteiger charge is 2.34. The van der Waals surface area contributed by atoms with Gasteiger partial charge in [-0.1, -0.05) is 0 Å². The van der Waals surface area contributed by atoms with Gasteiger partial charge in [0.05, 0.1) is 12.0 Å². The Hall–Kier alpha value is -1.10. The van der Waals surface area contributed by atoms with Gasteiger partial charge in [-0.15, -0.1) is 0 Å². The standard InChI is InChI=1S/C15H25NO4/c1-2-20-13-7-10(8-13)5-6-16-14(17)11-3-4-12(9-11)15(18)19/h10-13H,2-9H2,1H3,(H,16,17)(H,18,19)/t10?,11-,12+,13?/m1/s1. The fraction of sp³-hybridized carbons (Fsp3) is 0.867. The summed E-state index contributed by atoms with van der Waals surface area (Å²) in [6, 6.07) is 0. The van der Waals surface area contributed by atoms with Gasteiger partial charge in [-0.3, -0.25) is 9.59 Å². The molecule has 0 bridgehead atoms. The zero-order chi connectivity index (χ0) is 14.5. The van der Waals surface area contributed by atoms with Gasteiger partial charge >= 0.3 is 5.97 Å². The molecule has 2 saturated carbocycles. The van der Waals surface area contributed by atoms with Crippen molar-refractivity contribution in [3.8, 4) is 0 Å². The molecule has 2 fully saturated rings. The van der Waals surface area contributed by atoms with E-state index in [0.717, 1.165) is 25.9 Å². The third-order valence-corrected chi connectivity index (χ3v) is 4.60. The SMILES string of the molecule is CCOC1CC(CCNC(=O)[C@@H]2CC[C@H](C(=O)O)C2)C1. The van der Waals surface area contributed by atoms with E-state index in [-0.39, 0.29) is 17.7 Å². The molecule has 0 radical (unpaired) electrons. The van der Waals surface area contributed by atoms with E-state index in [9.17, 15) is 9.59 Å². The van der Waals surface area contributed by atoms with Crippen molar-refractivity contribution in [1.29, 1.82) is 0 Å². The first kappa shape index (κ1) is 15.3. The van der Waals surface area contributed by atoms with E-state index in [2.05, 4.69) is 5.32 Å². The Kier molecular flexibility index (Phi) is 5.40. The maximum Gasteiger partial charge on any atom is 0.306 e. The predicted molar refractivity (Wildman–Crippen MR) is 74.2 cm³/mol. The maximum absolute atomic E-state index is 11.9. The molecule has 0 aromatic heterocycles. The lowest BCUT2D eigenvalue weighted by Gasteiger charge is -2.35. The molecule has 0 spiro atoms. The Morgan fingerprint density at radius 1 is 1.20 bits per heavy atom.